The van der Waals surface area contributed by atoms with Crippen LogP contribution in [0.1, 0.15) is 0 Å². The first-order valence-corrected chi connectivity index (χ1v) is 6.14. The van der Waals surface area contributed by atoms with E-state index in [4.69, 9.17) is 0 Å². The number of hydrogen-bond donors (Lipinski definition) is 0. The summed E-state index contributed by atoms with van der Waals surface area (Å²) in [4.78, 5) is 0. The molecule has 1 aromatic rings. The number of halogens is 2. The van der Waals surface area contributed by atoms with E-state index in [0.717, 1.165) is 4.47 Å². The fourth-order valence-corrected chi connectivity index (χ4v) is 2.47. The molecule has 0 aliphatic heterocycles. The van der Waals surface area contributed by atoms with Crippen molar-refractivity contribution < 1.29 is 6.14 Å². The Balaban J connectivity index is 3.19. The number of rotatable bonds is 1. The van der Waals surface area contributed by atoms with Crippen molar-refractivity contribution in [1.82, 2.24) is 0 Å². The lowest BCUT2D eigenvalue weighted by Gasteiger charge is -1.87. The van der Waals surface area contributed by atoms with Crippen molar-refractivity contribution >= 4 is 35.7 Å². The molecule has 1 aromatic carbocycles. The third kappa shape index (κ3) is 2.02. The SMILES string of the molecule is O=I(=O)c1cccc(Br)c1. The minimum Gasteiger partial charge on any atom is -0.230 e. The maximum atomic E-state index is 10.5. The predicted molar refractivity (Wildman–Crippen MR) is 48.2 cm³/mol. The summed E-state index contributed by atoms with van der Waals surface area (Å²) in [6.07, 6.45) is 0. The van der Waals surface area contributed by atoms with Crippen LogP contribution in [0.5, 0.6) is 0 Å². The molecule has 0 bridgehead atoms. The van der Waals surface area contributed by atoms with E-state index in [9.17, 15) is 6.14 Å². The van der Waals surface area contributed by atoms with Gasteiger partial charge in [-0.25, -0.2) is 6.14 Å². The van der Waals surface area contributed by atoms with Crippen LogP contribution < -0.4 is 0 Å². The predicted octanol–water partition coefficient (Wildman–Crippen LogP) is 2.82. The highest BCUT2D eigenvalue weighted by atomic mass is 127. The Bertz CT molecular complexity index is 298. The van der Waals surface area contributed by atoms with E-state index in [1.807, 2.05) is 0 Å². The second kappa shape index (κ2) is 3.43. The third-order valence-electron chi connectivity index (χ3n) is 0.965. The molecule has 0 amide bonds. The summed E-state index contributed by atoms with van der Waals surface area (Å²) < 4.78 is 22.2. The Morgan fingerprint density at radius 3 is 2.40 bits per heavy atom. The van der Waals surface area contributed by atoms with Crippen molar-refractivity contribution in [2.45, 2.75) is 0 Å². The Hall–Kier alpha value is 0.0300. The first kappa shape index (κ1) is 8.13. The molecule has 4 heteroatoms. The van der Waals surface area contributed by atoms with Gasteiger partial charge in [-0.15, -0.1) is 0 Å². The summed E-state index contributed by atoms with van der Waals surface area (Å²) in [5.41, 5.74) is 0. The van der Waals surface area contributed by atoms with Gasteiger partial charge in [-0.3, -0.25) is 0 Å². The molecule has 54 valence electrons. The lowest BCUT2D eigenvalue weighted by atomic mass is 10.4. The van der Waals surface area contributed by atoms with Crippen molar-refractivity contribution in [2.24, 2.45) is 0 Å². The highest BCUT2D eigenvalue weighted by Gasteiger charge is 1.96. The van der Waals surface area contributed by atoms with Crippen LogP contribution >= 0.6 is 35.7 Å². The maximum Gasteiger partial charge on any atom is 0.340 e. The average molecular weight is 315 g/mol. The Kier molecular flexibility index (Phi) is 2.79. The molecular weight excluding hydrogens is 311 g/mol. The van der Waals surface area contributed by atoms with Gasteiger partial charge < -0.3 is 0 Å². The fourth-order valence-electron chi connectivity index (χ4n) is 0.556. The Morgan fingerprint density at radius 1 is 1.30 bits per heavy atom. The molecule has 0 aliphatic carbocycles. The zero-order valence-corrected chi connectivity index (χ0v) is 8.63. The van der Waals surface area contributed by atoms with E-state index in [2.05, 4.69) is 15.9 Å². The van der Waals surface area contributed by atoms with Gasteiger partial charge in [-0.05, 0) is 18.2 Å². The summed E-state index contributed by atoms with van der Waals surface area (Å²) in [7, 11) is 0. The van der Waals surface area contributed by atoms with Crippen LogP contribution in [0, 0.1) is 3.57 Å². The lowest BCUT2D eigenvalue weighted by molar-refractivity contribution is 0.610. The van der Waals surface area contributed by atoms with Crippen LogP contribution in [0.25, 0.3) is 0 Å². The van der Waals surface area contributed by atoms with Crippen LogP contribution in [0.4, 0.5) is 0 Å². The zero-order valence-electron chi connectivity index (χ0n) is 4.88. The molecule has 0 fully saturated rings. The third-order valence-corrected chi connectivity index (χ3v) is 3.15. The van der Waals surface area contributed by atoms with E-state index in [-0.39, 0.29) is 0 Å². The summed E-state index contributed by atoms with van der Waals surface area (Å²) in [6.45, 7) is 0. The van der Waals surface area contributed by atoms with Crippen LogP contribution in [-0.4, -0.2) is 0 Å². The summed E-state index contributed by atoms with van der Waals surface area (Å²) in [6, 6.07) is 6.70. The first-order valence-electron chi connectivity index (χ1n) is 2.51. The molecule has 0 heterocycles. The minimum atomic E-state index is -3.24. The zero-order chi connectivity index (χ0) is 7.56. The summed E-state index contributed by atoms with van der Waals surface area (Å²) in [5, 5.41) is 0. The molecule has 0 radical (unpaired) electrons. The fraction of sp³-hybridized carbons (Fsp3) is 0. The second-order valence-corrected chi connectivity index (χ2v) is 5.06. The average Bonchev–Trinajstić information content (AvgIpc) is 1.88. The van der Waals surface area contributed by atoms with Crippen molar-refractivity contribution in [3.63, 3.8) is 0 Å². The van der Waals surface area contributed by atoms with Gasteiger partial charge in [0.25, 0.3) is 0 Å². The van der Waals surface area contributed by atoms with E-state index < -0.39 is 19.8 Å². The summed E-state index contributed by atoms with van der Waals surface area (Å²) in [5.74, 6) is 0. The Morgan fingerprint density at radius 2 is 2.00 bits per heavy atom. The van der Waals surface area contributed by atoms with Crippen molar-refractivity contribution in [3.8, 4) is 0 Å². The smallest absolute Gasteiger partial charge is 0.230 e. The topological polar surface area (TPSA) is 34.1 Å². The highest BCUT2D eigenvalue weighted by Crippen LogP contribution is 2.20. The van der Waals surface area contributed by atoms with Gasteiger partial charge in [0.05, 0.1) is 3.57 Å². The van der Waals surface area contributed by atoms with Crippen molar-refractivity contribution in [3.05, 3.63) is 32.3 Å². The lowest BCUT2D eigenvalue weighted by Crippen LogP contribution is -1.69. The van der Waals surface area contributed by atoms with E-state index in [1.54, 1.807) is 24.3 Å². The molecule has 10 heavy (non-hydrogen) atoms. The highest BCUT2D eigenvalue weighted by molar-refractivity contribution is 14.2. The van der Waals surface area contributed by atoms with Gasteiger partial charge in [0.1, 0.15) is 0 Å². The monoisotopic (exact) mass is 314 g/mol. The molecule has 0 aliphatic rings. The molecular formula is C6H4BrIO2. The summed E-state index contributed by atoms with van der Waals surface area (Å²) >= 11 is -0.0640. The maximum absolute atomic E-state index is 10.5. The standard InChI is InChI=1S/C6H4BrIO2/c7-5-2-1-3-6(4-5)8(9)10/h1-4H. The van der Waals surface area contributed by atoms with E-state index in [0.29, 0.717) is 3.57 Å². The van der Waals surface area contributed by atoms with E-state index >= 15 is 0 Å². The van der Waals surface area contributed by atoms with E-state index in [1.165, 1.54) is 0 Å². The molecule has 2 nitrogen and oxygen atoms in total. The molecule has 1 rings (SSSR count). The van der Waals surface area contributed by atoms with Gasteiger partial charge in [0.2, 0.25) is 0 Å². The molecule has 0 aromatic heterocycles. The van der Waals surface area contributed by atoms with Gasteiger partial charge in [-0.2, -0.15) is 0 Å². The van der Waals surface area contributed by atoms with Crippen LogP contribution in [0.2, 0.25) is 0 Å². The van der Waals surface area contributed by atoms with Crippen molar-refractivity contribution in [1.29, 1.82) is 0 Å². The largest absolute Gasteiger partial charge is 0.340 e. The van der Waals surface area contributed by atoms with Crippen LogP contribution in [0.3, 0.4) is 0 Å². The molecule has 0 saturated heterocycles. The van der Waals surface area contributed by atoms with Gasteiger partial charge >= 0.3 is 19.8 Å². The van der Waals surface area contributed by atoms with Gasteiger partial charge in [0, 0.05) is 4.47 Å². The molecule has 0 spiro atoms. The number of hydrogen-bond acceptors (Lipinski definition) is 2. The minimum absolute atomic E-state index is 0.429. The normalized spacial score (nSPS) is 10.2. The van der Waals surface area contributed by atoms with Gasteiger partial charge in [-0.1, -0.05) is 22.0 Å². The van der Waals surface area contributed by atoms with Gasteiger partial charge in [0.15, 0.2) is 0 Å². The van der Waals surface area contributed by atoms with Crippen molar-refractivity contribution in [2.75, 3.05) is 0 Å². The second-order valence-electron chi connectivity index (χ2n) is 1.66. The number of benzene rings is 1. The van der Waals surface area contributed by atoms with Crippen LogP contribution in [0.15, 0.2) is 28.7 Å². The molecule has 0 atom stereocenters. The quantitative estimate of drug-likeness (QED) is 0.747. The first-order chi connectivity index (χ1) is 4.70. The van der Waals surface area contributed by atoms with Crippen LogP contribution in [-0.2, 0) is 6.14 Å². The molecule has 0 saturated carbocycles. The molecule has 0 unspecified atom stereocenters. The Labute approximate surface area is 73.9 Å². The molecule has 0 N–H and O–H groups in total.